The molecule has 1 amide bonds. The van der Waals surface area contributed by atoms with Crippen LogP contribution in [-0.2, 0) is 4.74 Å². The van der Waals surface area contributed by atoms with Gasteiger partial charge in [-0.2, -0.15) is 4.39 Å². The van der Waals surface area contributed by atoms with Crippen molar-refractivity contribution in [3.8, 4) is 0 Å². The third-order valence-corrected chi connectivity index (χ3v) is 3.38. The smallest absolute Gasteiger partial charge is 0.256 e. The number of likely N-dealkylation sites (N-methyl/N-ethyl adjacent to an activating group) is 1. The van der Waals surface area contributed by atoms with Crippen molar-refractivity contribution in [2.45, 2.75) is 18.4 Å². The fraction of sp³-hybridized carbons (Fsp3) is 0.538. The average Bonchev–Trinajstić information content (AvgIpc) is 2.41. The molecule has 2 rings (SSSR count). The highest BCUT2D eigenvalue weighted by Crippen LogP contribution is 2.22. The van der Waals surface area contributed by atoms with Crippen LogP contribution >= 0.6 is 0 Å². The monoisotopic (exact) mass is 286 g/mol. The zero-order valence-electron chi connectivity index (χ0n) is 11.1. The molecule has 20 heavy (non-hydrogen) atoms. The van der Waals surface area contributed by atoms with Gasteiger partial charge in [-0.3, -0.25) is 4.79 Å². The number of ether oxygens (including phenoxy) is 1. The van der Waals surface area contributed by atoms with E-state index < -0.39 is 28.8 Å². The van der Waals surface area contributed by atoms with Gasteiger partial charge in [0.2, 0.25) is 5.95 Å². The summed E-state index contributed by atoms with van der Waals surface area (Å²) in [5.74, 6) is -3.28. The highest BCUT2D eigenvalue weighted by atomic mass is 19.2. The molecular formula is C13H16F2N2O3. The lowest BCUT2D eigenvalue weighted by molar-refractivity contribution is -0.0734. The summed E-state index contributed by atoms with van der Waals surface area (Å²) in [6, 6.07) is 1.12. The number of hydrogen-bond acceptors (Lipinski definition) is 4. The highest BCUT2D eigenvalue weighted by Gasteiger charge is 2.33. The number of nitrogens with zero attached hydrogens (tertiary/aromatic N) is 2. The molecule has 1 aliphatic rings. The molecule has 0 saturated carbocycles. The summed E-state index contributed by atoms with van der Waals surface area (Å²) in [6.45, 7) is 0.867. The molecule has 0 bridgehead atoms. The van der Waals surface area contributed by atoms with Gasteiger partial charge < -0.3 is 14.7 Å². The Bertz CT molecular complexity index is 504. The van der Waals surface area contributed by atoms with Crippen molar-refractivity contribution in [3.63, 3.8) is 0 Å². The Morgan fingerprint density at radius 3 is 2.80 bits per heavy atom. The van der Waals surface area contributed by atoms with Crippen molar-refractivity contribution in [1.82, 2.24) is 9.88 Å². The molecule has 2 heterocycles. The summed E-state index contributed by atoms with van der Waals surface area (Å²) in [7, 11) is 1.44. The number of carbonyl (C=O) groups is 1. The second-order valence-electron chi connectivity index (χ2n) is 4.96. The van der Waals surface area contributed by atoms with Crippen molar-refractivity contribution in [2.24, 2.45) is 0 Å². The predicted molar refractivity (Wildman–Crippen MR) is 66.1 cm³/mol. The van der Waals surface area contributed by atoms with Gasteiger partial charge in [0, 0.05) is 45.8 Å². The molecule has 110 valence electrons. The minimum Gasteiger partial charge on any atom is -0.388 e. The van der Waals surface area contributed by atoms with Gasteiger partial charge in [-0.1, -0.05) is 0 Å². The molecule has 7 heteroatoms. The van der Waals surface area contributed by atoms with Crippen LogP contribution in [0.1, 0.15) is 23.2 Å². The van der Waals surface area contributed by atoms with Gasteiger partial charge in [0.1, 0.15) is 0 Å². The first-order valence-corrected chi connectivity index (χ1v) is 6.28. The van der Waals surface area contributed by atoms with E-state index in [1.807, 2.05) is 0 Å². The molecule has 0 unspecified atom stereocenters. The Morgan fingerprint density at radius 1 is 1.50 bits per heavy atom. The Kier molecular flexibility index (Phi) is 4.29. The van der Waals surface area contributed by atoms with Crippen LogP contribution in [0, 0.1) is 11.8 Å². The van der Waals surface area contributed by atoms with Gasteiger partial charge in [-0.05, 0) is 6.07 Å². The number of pyridine rings is 1. The van der Waals surface area contributed by atoms with E-state index in [4.69, 9.17) is 4.74 Å². The van der Waals surface area contributed by atoms with Crippen LogP contribution in [-0.4, -0.2) is 53.3 Å². The van der Waals surface area contributed by atoms with Crippen LogP contribution in [0.4, 0.5) is 8.78 Å². The van der Waals surface area contributed by atoms with E-state index in [9.17, 15) is 18.7 Å². The lowest BCUT2D eigenvalue weighted by Gasteiger charge is -2.35. The summed E-state index contributed by atoms with van der Waals surface area (Å²) < 4.78 is 31.7. The number of hydrogen-bond donors (Lipinski definition) is 1. The Morgan fingerprint density at radius 2 is 2.15 bits per heavy atom. The van der Waals surface area contributed by atoms with Crippen molar-refractivity contribution in [1.29, 1.82) is 0 Å². The number of rotatable bonds is 3. The van der Waals surface area contributed by atoms with E-state index in [2.05, 4.69) is 4.98 Å². The number of amides is 1. The quantitative estimate of drug-likeness (QED) is 0.841. The molecule has 1 aromatic heterocycles. The van der Waals surface area contributed by atoms with Crippen LogP contribution < -0.4 is 0 Å². The fourth-order valence-electron chi connectivity index (χ4n) is 2.21. The lowest BCUT2D eigenvalue weighted by Crippen LogP contribution is -2.47. The summed E-state index contributed by atoms with van der Waals surface area (Å²) >= 11 is 0. The zero-order valence-corrected chi connectivity index (χ0v) is 11.1. The van der Waals surface area contributed by atoms with Gasteiger partial charge in [0.25, 0.3) is 5.91 Å². The van der Waals surface area contributed by atoms with Gasteiger partial charge in [0.05, 0.1) is 11.2 Å². The van der Waals surface area contributed by atoms with E-state index in [0.717, 1.165) is 12.3 Å². The maximum Gasteiger partial charge on any atom is 0.256 e. The molecule has 0 radical (unpaired) electrons. The molecule has 0 aliphatic carbocycles. The number of aromatic nitrogens is 1. The summed E-state index contributed by atoms with van der Waals surface area (Å²) in [4.78, 5) is 16.4. The van der Waals surface area contributed by atoms with Crippen LogP contribution in [0.15, 0.2) is 12.3 Å². The lowest BCUT2D eigenvalue weighted by atomic mass is 9.94. The maximum atomic E-state index is 13.5. The Balaban J connectivity index is 2.10. The second kappa shape index (κ2) is 5.80. The van der Waals surface area contributed by atoms with Gasteiger partial charge in [-0.15, -0.1) is 0 Å². The Hall–Kier alpha value is -1.60. The molecule has 1 aromatic rings. The SMILES string of the molecule is CN(CC1(O)CCOCC1)C(=O)c1ccnc(F)c1F. The van der Waals surface area contributed by atoms with Crippen molar-refractivity contribution >= 4 is 5.91 Å². The van der Waals surface area contributed by atoms with Gasteiger partial charge in [-0.25, -0.2) is 9.37 Å². The average molecular weight is 286 g/mol. The molecule has 0 atom stereocenters. The maximum absolute atomic E-state index is 13.5. The second-order valence-corrected chi connectivity index (χ2v) is 4.96. The third-order valence-electron chi connectivity index (χ3n) is 3.38. The van der Waals surface area contributed by atoms with E-state index in [1.54, 1.807) is 0 Å². The van der Waals surface area contributed by atoms with E-state index >= 15 is 0 Å². The van der Waals surface area contributed by atoms with Gasteiger partial charge >= 0.3 is 0 Å². The van der Waals surface area contributed by atoms with Crippen LogP contribution in [0.3, 0.4) is 0 Å². The van der Waals surface area contributed by atoms with Crippen LogP contribution in [0.5, 0.6) is 0 Å². The zero-order chi connectivity index (χ0) is 14.8. The van der Waals surface area contributed by atoms with E-state index in [-0.39, 0.29) is 6.54 Å². The molecule has 0 aromatic carbocycles. The van der Waals surface area contributed by atoms with Crippen molar-refractivity contribution in [3.05, 3.63) is 29.6 Å². The molecule has 1 fully saturated rings. The number of carbonyl (C=O) groups excluding carboxylic acids is 1. The van der Waals surface area contributed by atoms with Crippen LogP contribution in [0.2, 0.25) is 0 Å². The fourth-order valence-corrected chi connectivity index (χ4v) is 2.21. The first kappa shape index (κ1) is 14.8. The largest absolute Gasteiger partial charge is 0.388 e. The van der Waals surface area contributed by atoms with Crippen molar-refractivity contribution in [2.75, 3.05) is 26.8 Å². The third kappa shape index (κ3) is 3.10. The molecule has 1 saturated heterocycles. The van der Waals surface area contributed by atoms with Crippen molar-refractivity contribution < 1.29 is 23.4 Å². The topological polar surface area (TPSA) is 62.7 Å². The summed E-state index contributed by atoms with van der Waals surface area (Å²) in [5, 5.41) is 10.3. The van der Waals surface area contributed by atoms with Crippen LogP contribution in [0.25, 0.3) is 0 Å². The normalized spacial score (nSPS) is 17.8. The summed E-state index contributed by atoms with van der Waals surface area (Å²) in [5.41, 5.74) is -1.44. The minimum absolute atomic E-state index is 0.0403. The Labute approximate surface area is 115 Å². The first-order valence-electron chi connectivity index (χ1n) is 6.28. The number of halogens is 2. The predicted octanol–water partition coefficient (Wildman–Crippen LogP) is 0.973. The summed E-state index contributed by atoms with van der Waals surface area (Å²) in [6.07, 6.45) is 1.83. The molecular weight excluding hydrogens is 270 g/mol. The number of aliphatic hydroxyl groups is 1. The molecule has 1 aliphatic heterocycles. The molecule has 5 nitrogen and oxygen atoms in total. The minimum atomic E-state index is -1.31. The molecule has 1 N–H and O–H groups in total. The first-order chi connectivity index (χ1) is 9.43. The standard InChI is InChI=1S/C13H16F2N2O3/c1-17(8-13(19)3-6-20-7-4-13)12(18)9-2-5-16-11(15)10(9)14/h2,5,19H,3-4,6-8H2,1H3. The highest BCUT2D eigenvalue weighted by molar-refractivity contribution is 5.94. The molecule has 0 spiro atoms. The van der Waals surface area contributed by atoms with E-state index in [0.29, 0.717) is 26.1 Å². The van der Waals surface area contributed by atoms with Gasteiger partial charge in [0.15, 0.2) is 5.82 Å². The van der Waals surface area contributed by atoms with E-state index in [1.165, 1.54) is 11.9 Å².